The molecule has 8 heteroatoms. The molecule has 0 saturated carbocycles. The standard InChI is InChI=1S/C24H27N3O5/c1-3-30-21-12-11-17(14-22(21)31-4-2)27-23(28)16-25-20-10-6-5-9-19(20)24(29)26-15-18-8-7-13-32-18/h5-14,25H,3-4,15-16H2,1-2H3,(H,26,29)(H,27,28). The van der Waals surface area contributed by atoms with Crippen LogP contribution < -0.4 is 25.4 Å². The number of furan rings is 1. The van der Waals surface area contributed by atoms with Crippen molar-refractivity contribution in [2.75, 3.05) is 30.4 Å². The molecular weight excluding hydrogens is 410 g/mol. The van der Waals surface area contributed by atoms with Crippen LogP contribution in [-0.4, -0.2) is 31.6 Å². The van der Waals surface area contributed by atoms with Crippen molar-refractivity contribution >= 4 is 23.2 Å². The molecule has 0 spiro atoms. The second-order valence-electron chi connectivity index (χ2n) is 6.74. The molecule has 2 amide bonds. The predicted molar refractivity (Wildman–Crippen MR) is 122 cm³/mol. The molecule has 0 bridgehead atoms. The third-order valence-corrected chi connectivity index (χ3v) is 4.44. The lowest BCUT2D eigenvalue weighted by Gasteiger charge is -2.14. The van der Waals surface area contributed by atoms with Gasteiger partial charge in [-0.2, -0.15) is 0 Å². The molecule has 0 aliphatic rings. The van der Waals surface area contributed by atoms with Crippen LogP contribution in [-0.2, 0) is 11.3 Å². The van der Waals surface area contributed by atoms with Crippen LogP contribution in [0.4, 0.5) is 11.4 Å². The number of carbonyl (C=O) groups excluding carboxylic acids is 2. The molecule has 0 fully saturated rings. The smallest absolute Gasteiger partial charge is 0.253 e. The normalized spacial score (nSPS) is 10.3. The highest BCUT2D eigenvalue weighted by Gasteiger charge is 2.13. The number of ether oxygens (including phenoxy) is 2. The molecule has 2 aromatic carbocycles. The molecule has 0 aliphatic carbocycles. The van der Waals surface area contributed by atoms with Crippen LogP contribution in [0.25, 0.3) is 0 Å². The summed E-state index contributed by atoms with van der Waals surface area (Å²) in [7, 11) is 0. The van der Waals surface area contributed by atoms with Gasteiger partial charge in [-0.25, -0.2) is 0 Å². The molecule has 8 nitrogen and oxygen atoms in total. The van der Waals surface area contributed by atoms with Crippen molar-refractivity contribution in [3.8, 4) is 11.5 Å². The molecule has 3 aromatic rings. The molecule has 0 radical (unpaired) electrons. The fourth-order valence-electron chi connectivity index (χ4n) is 3.02. The highest BCUT2D eigenvalue weighted by atomic mass is 16.5. The van der Waals surface area contributed by atoms with Crippen molar-refractivity contribution in [3.05, 3.63) is 72.2 Å². The zero-order valence-electron chi connectivity index (χ0n) is 18.1. The van der Waals surface area contributed by atoms with Gasteiger partial charge in [-0.05, 0) is 50.2 Å². The van der Waals surface area contributed by atoms with Gasteiger partial charge >= 0.3 is 0 Å². The lowest BCUT2D eigenvalue weighted by molar-refractivity contribution is -0.114. The van der Waals surface area contributed by atoms with Gasteiger partial charge in [0.15, 0.2) is 11.5 Å². The van der Waals surface area contributed by atoms with E-state index in [9.17, 15) is 9.59 Å². The average molecular weight is 437 g/mol. The third-order valence-electron chi connectivity index (χ3n) is 4.44. The Morgan fingerprint density at radius 2 is 1.72 bits per heavy atom. The molecule has 3 rings (SSSR count). The topological polar surface area (TPSA) is 102 Å². The van der Waals surface area contributed by atoms with E-state index in [0.29, 0.717) is 47.4 Å². The minimum absolute atomic E-state index is 0.0142. The van der Waals surface area contributed by atoms with Gasteiger partial charge in [-0.1, -0.05) is 12.1 Å². The molecule has 168 valence electrons. The fourth-order valence-corrected chi connectivity index (χ4v) is 3.02. The average Bonchev–Trinajstić information content (AvgIpc) is 3.32. The van der Waals surface area contributed by atoms with Gasteiger partial charge in [-0.3, -0.25) is 9.59 Å². The summed E-state index contributed by atoms with van der Waals surface area (Å²) in [6, 6.07) is 15.8. The number of amides is 2. The highest BCUT2D eigenvalue weighted by molar-refractivity contribution is 6.00. The first-order valence-corrected chi connectivity index (χ1v) is 10.4. The van der Waals surface area contributed by atoms with Crippen molar-refractivity contribution in [3.63, 3.8) is 0 Å². The van der Waals surface area contributed by atoms with E-state index in [4.69, 9.17) is 13.9 Å². The number of hydrogen-bond donors (Lipinski definition) is 3. The number of benzene rings is 2. The van der Waals surface area contributed by atoms with E-state index >= 15 is 0 Å². The summed E-state index contributed by atoms with van der Waals surface area (Å²) in [5, 5.41) is 8.65. The van der Waals surface area contributed by atoms with Gasteiger partial charge in [-0.15, -0.1) is 0 Å². The van der Waals surface area contributed by atoms with E-state index in [2.05, 4.69) is 16.0 Å². The Bertz CT molecular complexity index is 1030. The maximum absolute atomic E-state index is 12.6. The summed E-state index contributed by atoms with van der Waals surface area (Å²) in [6.45, 7) is 5.04. The van der Waals surface area contributed by atoms with Crippen LogP contribution in [0, 0.1) is 0 Å². The van der Waals surface area contributed by atoms with Crippen molar-refractivity contribution < 1.29 is 23.5 Å². The van der Waals surface area contributed by atoms with E-state index in [1.54, 1.807) is 60.9 Å². The largest absolute Gasteiger partial charge is 0.490 e. The number of rotatable bonds is 11. The maximum atomic E-state index is 12.6. The summed E-state index contributed by atoms with van der Waals surface area (Å²) in [5.74, 6) is 1.32. The Kier molecular flexibility index (Phi) is 8.14. The number of anilines is 2. The number of nitrogens with one attached hydrogen (secondary N) is 3. The third kappa shape index (κ3) is 6.28. The zero-order chi connectivity index (χ0) is 22.8. The van der Waals surface area contributed by atoms with E-state index in [1.165, 1.54) is 0 Å². The molecule has 0 aliphatic heterocycles. The zero-order valence-corrected chi connectivity index (χ0v) is 18.1. The second-order valence-corrected chi connectivity index (χ2v) is 6.74. The molecule has 0 unspecified atom stereocenters. The summed E-state index contributed by atoms with van der Waals surface area (Å²) in [4.78, 5) is 25.0. The van der Waals surface area contributed by atoms with Crippen molar-refractivity contribution in [1.29, 1.82) is 0 Å². The molecule has 32 heavy (non-hydrogen) atoms. The molecule has 1 aromatic heterocycles. The number of hydrogen-bond acceptors (Lipinski definition) is 6. The minimum atomic E-state index is -0.266. The van der Waals surface area contributed by atoms with E-state index < -0.39 is 0 Å². The quantitative estimate of drug-likeness (QED) is 0.418. The van der Waals surface area contributed by atoms with Crippen LogP contribution >= 0.6 is 0 Å². The van der Waals surface area contributed by atoms with E-state index in [1.807, 2.05) is 13.8 Å². The first-order valence-electron chi connectivity index (χ1n) is 10.4. The summed E-state index contributed by atoms with van der Waals surface area (Å²) in [5.41, 5.74) is 1.58. The number of para-hydroxylation sites is 1. The van der Waals surface area contributed by atoms with Crippen molar-refractivity contribution in [1.82, 2.24) is 5.32 Å². The highest BCUT2D eigenvalue weighted by Crippen LogP contribution is 2.30. The van der Waals surface area contributed by atoms with Crippen molar-refractivity contribution in [2.24, 2.45) is 0 Å². The Hall–Kier alpha value is -3.94. The second kappa shape index (κ2) is 11.5. The number of carbonyl (C=O) groups is 2. The monoisotopic (exact) mass is 437 g/mol. The summed E-state index contributed by atoms with van der Waals surface area (Å²) in [6.07, 6.45) is 1.55. The van der Waals surface area contributed by atoms with Gasteiger partial charge in [0.1, 0.15) is 5.76 Å². The molecule has 3 N–H and O–H groups in total. The van der Waals surface area contributed by atoms with Crippen molar-refractivity contribution in [2.45, 2.75) is 20.4 Å². The van der Waals surface area contributed by atoms with Gasteiger partial charge < -0.3 is 29.8 Å². The Morgan fingerprint density at radius 3 is 2.47 bits per heavy atom. The van der Waals surface area contributed by atoms with Crippen LogP contribution in [0.5, 0.6) is 11.5 Å². The molecule has 1 heterocycles. The molecular formula is C24H27N3O5. The lowest BCUT2D eigenvalue weighted by atomic mass is 10.1. The van der Waals surface area contributed by atoms with E-state index in [-0.39, 0.29) is 24.9 Å². The fraction of sp³-hybridized carbons (Fsp3) is 0.250. The van der Waals surface area contributed by atoms with Gasteiger partial charge in [0.25, 0.3) is 5.91 Å². The van der Waals surface area contributed by atoms with Crippen LogP contribution in [0.2, 0.25) is 0 Å². The predicted octanol–water partition coefficient (Wildman–Crippen LogP) is 4.06. The maximum Gasteiger partial charge on any atom is 0.253 e. The molecule has 0 saturated heterocycles. The summed E-state index contributed by atoms with van der Waals surface area (Å²) >= 11 is 0. The summed E-state index contributed by atoms with van der Waals surface area (Å²) < 4.78 is 16.4. The Balaban J connectivity index is 1.59. The van der Waals surface area contributed by atoms with Gasteiger partial charge in [0.05, 0.1) is 38.1 Å². The van der Waals surface area contributed by atoms with E-state index in [0.717, 1.165) is 0 Å². The molecule has 0 atom stereocenters. The van der Waals surface area contributed by atoms with Gasteiger partial charge in [0.2, 0.25) is 5.91 Å². The first kappa shape index (κ1) is 22.7. The van der Waals surface area contributed by atoms with Crippen LogP contribution in [0.15, 0.2) is 65.3 Å². The van der Waals surface area contributed by atoms with Crippen LogP contribution in [0.3, 0.4) is 0 Å². The SMILES string of the molecule is CCOc1ccc(NC(=O)CNc2ccccc2C(=O)NCc2ccco2)cc1OCC. The van der Waals surface area contributed by atoms with Crippen LogP contribution in [0.1, 0.15) is 30.0 Å². The van der Waals surface area contributed by atoms with Gasteiger partial charge in [0, 0.05) is 17.4 Å². The minimum Gasteiger partial charge on any atom is -0.490 e. The Labute approximate surface area is 186 Å². The Morgan fingerprint density at radius 1 is 0.938 bits per heavy atom. The first-order chi connectivity index (χ1) is 15.6. The lowest BCUT2D eigenvalue weighted by Crippen LogP contribution is -2.26.